The van der Waals surface area contributed by atoms with Crippen molar-refractivity contribution in [1.82, 2.24) is 4.90 Å². The smallest absolute Gasteiger partial charge is 0.179 e. The summed E-state index contributed by atoms with van der Waals surface area (Å²) in [5.41, 5.74) is 0. The van der Waals surface area contributed by atoms with Crippen LogP contribution in [0.1, 0.15) is 17.8 Å². The van der Waals surface area contributed by atoms with Crippen LogP contribution >= 0.6 is 27.3 Å². The van der Waals surface area contributed by atoms with Crippen molar-refractivity contribution in [3.05, 3.63) is 51.1 Å². The highest BCUT2D eigenvalue weighted by molar-refractivity contribution is 9.10. The Morgan fingerprint density at radius 1 is 1.24 bits per heavy atom. The number of hydrogen-bond acceptors (Lipinski definition) is 4. The average Bonchev–Trinajstić information content (AvgIpc) is 2.98. The fourth-order valence-corrected chi connectivity index (χ4v) is 4.39. The lowest BCUT2D eigenvalue weighted by atomic mass is 10.2. The minimum atomic E-state index is -3.23. The first-order chi connectivity index (χ1) is 9.90. The van der Waals surface area contributed by atoms with Crippen LogP contribution in [0, 0.1) is 0 Å². The Morgan fingerprint density at radius 3 is 2.48 bits per heavy atom. The van der Waals surface area contributed by atoms with E-state index in [9.17, 15) is 8.42 Å². The monoisotopic (exact) mass is 387 g/mol. The van der Waals surface area contributed by atoms with Crippen LogP contribution in [0.2, 0.25) is 0 Å². The topological polar surface area (TPSA) is 37.4 Å². The molecule has 0 bridgehead atoms. The molecule has 114 valence electrons. The molecule has 1 atom stereocenters. The molecule has 0 N–H and O–H groups in total. The molecule has 0 saturated carbocycles. The molecule has 0 unspecified atom stereocenters. The average molecular weight is 388 g/mol. The maximum atomic E-state index is 12.3. The van der Waals surface area contributed by atoms with E-state index in [-0.39, 0.29) is 11.8 Å². The van der Waals surface area contributed by atoms with E-state index in [1.165, 1.54) is 4.88 Å². The Balaban J connectivity index is 2.00. The van der Waals surface area contributed by atoms with Crippen LogP contribution in [0.5, 0.6) is 0 Å². The van der Waals surface area contributed by atoms with Gasteiger partial charge in [0.1, 0.15) is 0 Å². The summed E-state index contributed by atoms with van der Waals surface area (Å²) >= 11 is 5.01. The van der Waals surface area contributed by atoms with Gasteiger partial charge in [-0.25, -0.2) is 8.42 Å². The molecule has 0 aliphatic rings. The van der Waals surface area contributed by atoms with Crippen molar-refractivity contribution in [2.45, 2.75) is 17.9 Å². The van der Waals surface area contributed by atoms with Gasteiger partial charge < -0.3 is 0 Å². The molecule has 1 aromatic carbocycles. The van der Waals surface area contributed by atoms with E-state index >= 15 is 0 Å². The molecule has 0 saturated heterocycles. The number of sulfone groups is 1. The van der Waals surface area contributed by atoms with E-state index in [4.69, 9.17) is 0 Å². The number of benzene rings is 1. The minimum Gasteiger partial charge on any atom is -0.298 e. The van der Waals surface area contributed by atoms with Crippen molar-refractivity contribution in [3.8, 4) is 0 Å². The Labute approximate surface area is 138 Å². The highest BCUT2D eigenvalue weighted by Crippen LogP contribution is 2.23. The zero-order valence-electron chi connectivity index (χ0n) is 12.0. The van der Waals surface area contributed by atoms with E-state index in [0.29, 0.717) is 11.4 Å². The van der Waals surface area contributed by atoms with Gasteiger partial charge in [0.25, 0.3) is 0 Å². The first-order valence-corrected chi connectivity index (χ1v) is 9.94. The first kappa shape index (κ1) is 16.7. The Morgan fingerprint density at radius 2 is 1.90 bits per heavy atom. The Bertz CT molecular complexity index is 666. The van der Waals surface area contributed by atoms with Crippen LogP contribution in [0.15, 0.2) is 51.1 Å². The largest absolute Gasteiger partial charge is 0.298 e. The van der Waals surface area contributed by atoms with Crippen LogP contribution < -0.4 is 0 Å². The molecule has 0 spiro atoms. The highest BCUT2D eigenvalue weighted by Gasteiger charge is 2.18. The molecule has 0 fully saturated rings. The molecule has 21 heavy (non-hydrogen) atoms. The standard InChI is InChI=1S/C15H18BrNO2S2/c1-12(15-4-3-10-20-15)17(2)9-11-21(18,19)14-7-5-13(16)6-8-14/h3-8,10,12H,9,11H2,1-2H3/t12-/m1/s1. The number of thiophene rings is 1. The SMILES string of the molecule is C[C@H](c1cccs1)N(C)CCS(=O)(=O)c1ccc(Br)cc1. The number of nitrogens with zero attached hydrogens (tertiary/aromatic N) is 1. The maximum absolute atomic E-state index is 12.3. The van der Waals surface area contributed by atoms with Crippen molar-refractivity contribution < 1.29 is 8.42 Å². The van der Waals surface area contributed by atoms with Gasteiger partial charge >= 0.3 is 0 Å². The van der Waals surface area contributed by atoms with E-state index in [2.05, 4.69) is 33.8 Å². The van der Waals surface area contributed by atoms with Crippen molar-refractivity contribution >= 4 is 37.1 Å². The van der Waals surface area contributed by atoms with Crippen LogP contribution in [0.3, 0.4) is 0 Å². The Kier molecular flexibility index (Phi) is 5.60. The minimum absolute atomic E-state index is 0.126. The Hall–Kier alpha value is -0.690. The van der Waals surface area contributed by atoms with Gasteiger partial charge in [0.15, 0.2) is 9.84 Å². The van der Waals surface area contributed by atoms with E-state index < -0.39 is 9.84 Å². The molecule has 0 radical (unpaired) electrons. The predicted molar refractivity (Wildman–Crippen MR) is 91.6 cm³/mol. The summed E-state index contributed by atoms with van der Waals surface area (Å²) in [7, 11) is -1.27. The summed E-state index contributed by atoms with van der Waals surface area (Å²) in [4.78, 5) is 3.70. The molecule has 1 aromatic heterocycles. The van der Waals surface area contributed by atoms with Crippen molar-refractivity contribution in [2.24, 2.45) is 0 Å². The fraction of sp³-hybridized carbons (Fsp3) is 0.333. The van der Waals surface area contributed by atoms with Gasteiger partial charge in [0, 0.05) is 21.9 Å². The van der Waals surface area contributed by atoms with Crippen LogP contribution in [0.4, 0.5) is 0 Å². The fourth-order valence-electron chi connectivity index (χ4n) is 1.96. The normalized spacial score (nSPS) is 13.5. The molecular formula is C15H18BrNO2S2. The second-order valence-corrected chi connectivity index (χ2v) is 8.95. The molecular weight excluding hydrogens is 370 g/mol. The number of hydrogen-bond donors (Lipinski definition) is 0. The summed E-state index contributed by atoms with van der Waals surface area (Å²) in [6, 6.07) is 11.1. The molecule has 0 amide bonds. The molecule has 1 heterocycles. The molecule has 2 aromatic rings. The van der Waals surface area contributed by atoms with Crippen molar-refractivity contribution in [1.29, 1.82) is 0 Å². The summed E-state index contributed by atoms with van der Waals surface area (Å²) in [5, 5.41) is 2.04. The summed E-state index contributed by atoms with van der Waals surface area (Å²) in [6.07, 6.45) is 0. The van der Waals surface area contributed by atoms with Gasteiger partial charge in [0.05, 0.1) is 10.6 Å². The predicted octanol–water partition coefficient (Wildman–Crippen LogP) is 3.98. The second kappa shape index (κ2) is 7.05. The van der Waals surface area contributed by atoms with Crippen LogP contribution in [-0.4, -0.2) is 32.7 Å². The van der Waals surface area contributed by atoms with Crippen molar-refractivity contribution in [2.75, 3.05) is 19.3 Å². The second-order valence-electron chi connectivity index (χ2n) is 4.94. The number of rotatable bonds is 6. The highest BCUT2D eigenvalue weighted by atomic mass is 79.9. The third kappa shape index (κ3) is 4.39. The van der Waals surface area contributed by atoms with Gasteiger partial charge in [-0.15, -0.1) is 11.3 Å². The van der Waals surface area contributed by atoms with Gasteiger partial charge in [-0.3, -0.25) is 4.90 Å². The summed E-state index contributed by atoms with van der Waals surface area (Å²) in [6.45, 7) is 2.61. The number of halogens is 1. The third-order valence-corrected chi connectivity index (χ3v) is 6.78. The van der Waals surface area contributed by atoms with E-state index in [0.717, 1.165) is 4.47 Å². The zero-order chi connectivity index (χ0) is 15.5. The van der Waals surface area contributed by atoms with Gasteiger partial charge in [-0.2, -0.15) is 0 Å². The lowest BCUT2D eigenvalue weighted by molar-refractivity contribution is 0.280. The molecule has 0 aliphatic heterocycles. The third-order valence-electron chi connectivity index (χ3n) is 3.50. The van der Waals surface area contributed by atoms with Gasteiger partial charge in [-0.05, 0) is 49.7 Å². The quantitative estimate of drug-likeness (QED) is 0.751. The molecule has 0 aliphatic carbocycles. The molecule has 6 heteroatoms. The lowest BCUT2D eigenvalue weighted by Crippen LogP contribution is -2.28. The maximum Gasteiger partial charge on any atom is 0.179 e. The van der Waals surface area contributed by atoms with E-state index in [1.807, 2.05) is 18.5 Å². The van der Waals surface area contributed by atoms with Gasteiger partial charge in [-0.1, -0.05) is 22.0 Å². The lowest BCUT2D eigenvalue weighted by Gasteiger charge is -2.23. The van der Waals surface area contributed by atoms with Crippen LogP contribution in [-0.2, 0) is 9.84 Å². The first-order valence-electron chi connectivity index (χ1n) is 6.62. The summed E-state index contributed by atoms with van der Waals surface area (Å²) in [5.74, 6) is 0.126. The molecule has 3 nitrogen and oxygen atoms in total. The zero-order valence-corrected chi connectivity index (χ0v) is 15.2. The van der Waals surface area contributed by atoms with Gasteiger partial charge in [0.2, 0.25) is 0 Å². The molecule has 2 rings (SSSR count). The van der Waals surface area contributed by atoms with E-state index in [1.54, 1.807) is 35.6 Å². The van der Waals surface area contributed by atoms with Crippen LogP contribution in [0.25, 0.3) is 0 Å². The van der Waals surface area contributed by atoms with Crippen molar-refractivity contribution in [3.63, 3.8) is 0 Å². The summed E-state index contributed by atoms with van der Waals surface area (Å²) < 4.78 is 25.5.